The van der Waals surface area contributed by atoms with Crippen molar-refractivity contribution < 1.29 is 23.1 Å². The van der Waals surface area contributed by atoms with Crippen molar-refractivity contribution in [2.75, 3.05) is 0 Å². The standard InChI is InChI=1S/C9H7F3O2/c1-4(13)5-2-6(9(11)12)8(14)3-7(5)10/h2-3,9,14H,1H3. The molecule has 0 amide bonds. The first kappa shape index (κ1) is 10.6. The monoisotopic (exact) mass is 204 g/mol. The minimum absolute atomic E-state index is 0.446. The molecule has 0 saturated heterocycles. The van der Waals surface area contributed by atoms with Crippen molar-refractivity contribution >= 4 is 5.78 Å². The van der Waals surface area contributed by atoms with E-state index < -0.39 is 34.9 Å². The minimum Gasteiger partial charge on any atom is -0.507 e. The lowest BCUT2D eigenvalue weighted by Crippen LogP contribution is -1.99. The molecule has 1 rings (SSSR count). The molecule has 0 aliphatic carbocycles. The van der Waals surface area contributed by atoms with E-state index in [2.05, 4.69) is 0 Å². The van der Waals surface area contributed by atoms with E-state index in [1.54, 1.807) is 0 Å². The zero-order valence-electron chi connectivity index (χ0n) is 7.22. The van der Waals surface area contributed by atoms with Crippen LogP contribution in [0.4, 0.5) is 13.2 Å². The van der Waals surface area contributed by atoms with Crippen LogP contribution in [0.2, 0.25) is 0 Å². The van der Waals surface area contributed by atoms with Crippen LogP contribution in [0.3, 0.4) is 0 Å². The number of Topliss-reactive ketones (excluding diaryl/α,β-unsaturated/α-hetero) is 1. The predicted molar refractivity (Wildman–Crippen MR) is 43.0 cm³/mol. The summed E-state index contributed by atoms with van der Waals surface area (Å²) >= 11 is 0. The molecule has 1 N–H and O–H groups in total. The molecule has 0 fully saturated rings. The maximum absolute atomic E-state index is 12.9. The molecule has 0 aliphatic heterocycles. The van der Waals surface area contributed by atoms with Gasteiger partial charge in [-0.3, -0.25) is 4.79 Å². The Morgan fingerprint density at radius 2 is 2.00 bits per heavy atom. The molecule has 0 saturated carbocycles. The van der Waals surface area contributed by atoms with Crippen LogP contribution in [0.25, 0.3) is 0 Å². The van der Waals surface area contributed by atoms with Crippen LogP contribution >= 0.6 is 0 Å². The Morgan fingerprint density at radius 1 is 1.43 bits per heavy atom. The topological polar surface area (TPSA) is 37.3 Å². The van der Waals surface area contributed by atoms with Crippen LogP contribution in [-0.4, -0.2) is 10.9 Å². The van der Waals surface area contributed by atoms with Crippen molar-refractivity contribution in [1.82, 2.24) is 0 Å². The number of ketones is 1. The molecule has 0 atom stereocenters. The lowest BCUT2D eigenvalue weighted by atomic mass is 10.1. The molecular formula is C9H7F3O2. The number of halogens is 3. The Labute approximate surface area is 78.0 Å². The second-order valence-corrected chi connectivity index (χ2v) is 2.75. The Morgan fingerprint density at radius 3 is 2.43 bits per heavy atom. The van der Waals surface area contributed by atoms with E-state index in [9.17, 15) is 18.0 Å². The molecule has 0 unspecified atom stereocenters. The maximum Gasteiger partial charge on any atom is 0.267 e. The number of phenolic OH excluding ortho intramolecular Hbond substituents is 1. The predicted octanol–water partition coefficient (Wildman–Crippen LogP) is 2.67. The van der Waals surface area contributed by atoms with E-state index >= 15 is 0 Å². The average molecular weight is 204 g/mol. The summed E-state index contributed by atoms with van der Waals surface area (Å²) in [6.07, 6.45) is -2.94. The van der Waals surface area contributed by atoms with Gasteiger partial charge in [-0.15, -0.1) is 0 Å². The smallest absolute Gasteiger partial charge is 0.267 e. The molecule has 0 aliphatic rings. The highest BCUT2D eigenvalue weighted by Gasteiger charge is 2.18. The number of alkyl halides is 2. The summed E-state index contributed by atoms with van der Waals surface area (Å²) in [5.74, 6) is -2.51. The second-order valence-electron chi connectivity index (χ2n) is 2.75. The van der Waals surface area contributed by atoms with Crippen LogP contribution in [0, 0.1) is 5.82 Å². The van der Waals surface area contributed by atoms with Gasteiger partial charge in [0, 0.05) is 6.07 Å². The van der Waals surface area contributed by atoms with Gasteiger partial charge in [0.25, 0.3) is 6.43 Å². The fraction of sp³-hybridized carbons (Fsp3) is 0.222. The van der Waals surface area contributed by atoms with Gasteiger partial charge in [0.1, 0.15) is 11.6 Å². The van der Waals surface area contributed by atoms with Crippen LogP contribution in [-0.2, 0) is 0 Å². The van der Waals surface area contributed by atoms with Gasteiger partial charge in [-0.25, -0.2) is 13.2 Å². The number of rotatable bonds is 2. The fourth-order valence-electron chi connectivity index (χ4n) is 1.02. The summed E-state index contributed by atoms with van der Waals surface area (Å²) in [4.78, 5) is 10.8. The second kappa shape index (κ2) is 3.69. The summed E-state index contributed by atoms with van der Waals surface area (Å²) in [5, 5.41) is 8.94. The number of carbonyl (C=O) groups is 1. The molecule has 14 heavy (non-hydrogen) atoms. The minimum atomic E-state index is -2.94. The molecule has 0 aromatic heterocycles. The number of benzene rings is 1. The zero-order valence-corrected chi connectivity index (χ0v) is 7.22. The summed E-state index contributed by atoms with van der Waals surface area (Å²) < 4.78 is 37.3. The van der Waals surface area contributed by atoms with Crippen molar-refractivity contribution in [2.24, 2.45) is 0 Å². The highest BCUT2D eigenvalue weighted by Crippen LogP contribution is 2.30. The highest BCUT2D eigenvalue weighted by molar-refractivity contribution is 5.94. The molecule has 1 aromatic rings. The molecule has 5 heteroatoms. The molecule has 0 spiro atoms. The number of carbonyl (C=O) groups excluding carboxylic acids is 1. The van der Waals surface area contributed by atoms with Gasteiger partial charge >= 0.3 is 0 Å². The number of phenols is 1. The normalized spacial score (nSPS) is 10.6. The Balaban J connectivity index is 3.34. The van der Waals surface area contributed by atoms with Crippen molar-refractivity contribution in [3.63, 3.8) is 0 Å². The third kappa shape index (κ3) is 1.86. The lowest BCUT2D eigenvalue weighted by Gasteiger charge is -2.06. The van der Waals surface area contributed by atoms with E-state index in [-0.39, 0.29) is 0 Å². The van der Waals surface area contributed by atoms with Crippen molar-refractivity contribution in [3.8, 4) is 5.75 Å². The molecule has 0 radical (unpaired) electrons. The third-order valence-electron chi connectivity index (χ3n) is 1.73. The van der Waals surface area contributed by atoms with E-state index in [4.69, 9.17) is 5.11 Å². The van der Waals surface area contributed by atoms with Crippen LogP contribution in [0.5, 0.6) is 5.75 Å². The Hall–Kier alpha value is -1.52. The quantitative estimate of drug-likeness (QED) is 0.752. The number of aromatic hydroxyl groups is 1. The molecular weight excluding hydrogens is 197 g/mol. The van der Waals surface area contributed by atoms with Crippen LogP contribution < -0.4 is 0 Å². The van der Waals surface area contributed by atoms with E-state index in [1.165, 1.54) is 0 Å². The first-order valence-corrected chi connectivity index (χ1v) is 3.75. The van der Waals surface area contributed by atoms with Gasteiger partial charge in [0.15, 0.2) is 5.78 Å². The zero-order chi connectivity index (χ0) is 10.9. The molecule has 0 heterocycles. The van der Waals surface area contributed by atoms with Gasteiger partial charge in [0.05, 0.1) is 11.1 Å². The number of hydrogen-bond donors (Lipinski definition) is 1. The van der Waals surface area contributed by atoms with Crippen molar-refractivity contribution in [2.45, 2.75) is 13.3 Å². The van der Waals surface area contributed by atoms with Gasteiger partial charge in [-0.05, 0) is 13.0 Å². The van der Waals surface area contributed by atoms with Gasteiger partial charge in [0.2, 0.25) is 0 Å². The molecule has 76 valence electrons. The summed E-state index contributed by atoms with van der Waals surface area (Å²) in [6.45, 7) is 1.06. The van der Waals surface area contributed by atoms with Gasteiger partial charge < -0.3 is 5.11 Å². The fourth-order valence-corrected chi connectivity index (χ4v) is 1.02. The third-order valence-corrected chi connectivity index (χ3v) is 1.73. The maximum atomic E-state index is 12.9. The average Bonchev–Trinajstić information content (AvgIpc) is 2.02. The van der Waals surface area contributed by atoms with Crippen LogP contribution in [0.15, 0.2) is 12.1 Å². The van der Waals surface area contributed by atoms with Crippen molar-refractivity contribution in [1.29, 1.82) is 0 Å². The lowest BCUT2D eigenvalue weighted by molar-refractivity contribution is 0.101. The summed E-state index contributed by atoms with van der Waals surface area (Å²) in [5.41, 5.74) is -1.19. The van der Waals surface area contributed by atoms with Crippen LogP contribution in [0.1, 0.15) is 29.3 Å². The number of hydrogen-bond acceptors (Lipinski definition) is 2. The molecule has 1 aromatic carbocycles. The summed E-state index contributed by atoms with van der Waals surface area (Å²) in [7, 11) is 0. The van der Waals surface area contributed by atoms with Gasteiger partial charge in [-0.2, -0.15) is 0 Å². The molecule has 2 nitrogen and oxygen atoms in total. The largest absolute Gasteiger partial charge is 0.507 e. The summed E-state index contributed by atoms with van der Waals surface area (Å²) in [6, 6.07) is 1.18. The Kier molecular flexibility index (Phi) is 2.78. The van der Waals surface area contributed by atoms with Gasteiger partial charge in [-0.1, -0.05) is 0 Å². The Bertz CT molecular complexity index is 375. The molecule has 0 bridgehead atoms. The van der Waals surface area contributed by atoms with Crippen molar-refractivity contribution in [3.05, 3.63) is 29.1 Å². The van der Waals surface area contributed by atoms with E-state index in [0.717, 1.165) is 6.92 Å². The highest BCUT2D eigenvalue weighted by atomic mass is 19.3. The first-order chi connectivity index (χ1) is 6.43. The van der Waals surface area contributed by atoms with E-state index in [1.807, 2.05) is 0 Å². The first-order valence-electron chi connectivity index (χ1n) is 3.75. The van der Waals surface area contributed by atoms with E-state index in [0.29, 0.717) is 12.1 Å². The SMILES string of the molecule is CC(=O)c1cc(C(F)F)c(O)cc1F.